The molecule has 0 bridgehead atoms. The van der Waals surface area contributed by atoms with Gasteiger partial charge in [-0.15, -0.1) is 0 Å². The molecule has 0 aliphatic carbocycles. The monoisotopic (exact) mass is 457 g/mol. The number of aromatic nitrogens is 4. The Morgan fingerprint density at radius 1 is 1.25 bits per heavy atom. The van der Waals surface area contributed by atoms with Crippen LogP contribution >= 0.6 is 11.6 Å². The molecule has 0 saturated carbocycles. The number of Topliss-reactive ketones (excluding diaryl/α,β-unsaturated/α-hetero) is 1. The molecule has 0 spiro atoms. The standard InChI is InChI=1S/C24H32ClN5O2/c1-6-7-18-10-17(12-21(25)26-18)11-19(32)14-30(8-9-31)22-13-20(15(2)3)23-16(4)28-29(5)24(23)27-22/h10,12-13,15,31H,6-9,11,14H2,1-5H3. The molecule has 0 aromatic carbocycles. The third kappa shape index (κ3) is 5.45. The van der Waals surface area contributed by atoms with Crippen molar-refractivity contribution in [3.63, 3.8) is 0 Å². The van der Waals surface area contributed by atoms with Gasteiger partial charge in [0.25, 0.3) is 0 Å². The minimum Gasteiger partial charge on any atom is -0.395 e. The molecule has 3 aromatic heterocycles. The third-order valence-electron chi connectivity index (χ3n) is 5.48. The Balaban J connectivity index is 1.89. The second-order valence-electron chi connectivity index (χ2n) is 8.53. The van der Waals surface area contributed by atoms with E-state index >= 15 is 0 Å². The molecule has 3 aromatic rings. The van der Waals surface area contributed by atoms with Gasteiger partial charge in [-0.05, 0) is 48.6 Å². The summed E-state index contributed by atoms with van der Waals surface area (Å²) in [4.78, 5) is 23.9. The number of rotatable bonds is 10. The van der Waals surface area contributed by atoms with Crippen LogP contribution in [0.3, 0.4) is 0 Å². The van der Waals surface area contributed by atoms with Crippen LogP contribution in [0.2, 0.25) is 5.15 Å². The number of aryl methyl sites for hydroxylation is 3. The van der Waals surface area contributed by atoms with E-state index in [-0.39, 0.29) is 31.3 Å². The van der Waals surface area contributed by atoms with E-state index in [1.165, 1.54) is 0 Å². The van der Waals surface area contributed by atoms with Crippen molar-refractivity contribution in [1.82, 2.24) is 19.7 Å². The Bertz CT molecular complexity index is 1110. The first-order valence-electron chi connectivity index (χ1n) is 11.1. The van der Waals surface area contributed by atoms with Gasteiger partial charge in [0.1, 0.15) is 11.0 Å². The zero-order valence-corrected chi connectivity index (χ0v) is 20.3. The summed E-state index contributed by atoms with van der Waals surface area (Å²) in [6, 6.07) is 5.71. The van der Waals surface area contributed by atoms with Crippen molar-refractivity contribution in [3.8, 4) is 0 Å². The molecule has 7 nitrogen and oxygen atoms in total. The highest BCUT2D eigenvalue weighted by Crippen LogP contribution is 2.30. The zero-order valence-electron chi connectivity index (χ0n) is 19.5. The van der Waals surface area contributed by atoms with Gasteiger partial charge in [0.05, 0.1) is 18.8 Å². The summed E-state index contributed by atoms with van der Waals surface area (Å²) in [5.74, 6) is 0.966. The van der Waals surface area contributed by atoms with Crippen LogP contribution in [-0.2, 0) is 24.7 Å². The molecule has 0 radical (unpaired) electrons. The summed E-state index contributed by atoms with van der Waals surface area (Å²) in [5.41, 5.74) is 4.61. The van der Waals surface area contributed by atoms with E-state index in [0.717, 1.165) is 46.4 Å². The second-order valence-corrected chi connectivity index (χ2v) is 8.92. The van der Waals surface area contributed by atoms with E-state index in [1.54, 1.807) is 10.7 Å². The number of nitrogens with zero attached hydrogens (tertiary/aromatic N) is 5. The number of halogens is 1. The Labute approximate surface area is 194 Å². The average molecular weight is 458 g/mol. The second kappa shape index (κ2) is 10.4. The largest absolute Gasteiger partial charge is 0.395 e. The molecule has 0 amide bonds. The number of fused-ring (bicyclic) bond motifs is 1. The first-order valence-corrected chi connectivity index (χ1v) is 11.5. The van der Waals surface area contributed by atoms with E-state index in [4.69, 9.17) is 16.6 Å². The van der Waals surface area contributed by atoms with Gasteiger partial charge >= 0.3 is 0 Å². The van der Waals surface area contributed by atoms with Gasteiger partial charge in [-0.2, -0.15) is 5.10 Å². The van der Waals surface area contributed by atoms with Crippen molar-refractivity contribution in [3.05, 3.63) is 45.9 Å². The topological polar surface area (TPSA) is 84.1 Å². The fraction of sp³-hybridized carbons (Fsp3) is 0.500. The predicted molar refractivity (Wildman–Crippen MR) is 129 cm³/mol. The molecular formula is C24H32ClN5O2. The van der Waals surface area contributed by atoms with Crippen LogP contribution in [0.15, 0.2) is 18.2 Å². The Morgan fingerprint density at radius 3 is 2.66 bits per heavy atom. The smallest absolute Gasteiger partial charge is 0.160 e. The van der Waals surface area contributed by atoms with E-state index in [9.17, 15) is 9.90 Å². The highest BCUT2D eigenvalue weighted by Gasteiger charge is 2.20. The third-order valence-corrected chi connectivity index (χ3v) is 5.68. The normalized spacial score (nSPS) is 11.5. The lowest BCUT2D eigenvalue weighted by Crippen LogP contribution is -2.34. The van der Waals surface area contributed by atoms with Gasteiger partial charge in [0.2, 0.25) is 0 Å². The fourth-order valence-electron chi connectivity index (χ4n) is 4.07. The molecule has 32 heavy (non-hydrogen) atoms. The molecule has 0 atom stereocenters. The van der Waals surface area contributed by atoms with Crippen LogP contribution in [0.1, 0.15) is 55.6 Å². The summed E-state index contributed by atoms with van der Waals surface area (Å²) >= 11 is 6.16. The van der Waals surface area contributed by atoms with Crippen molar-refractivity contribution >= 4 is 34.2 Å². The number of aliphatic hydroxyl groups is 1. The van der Waals surface area contributed by atoms with Crippen molar-refractivity contribution in [2.75, 3.05) is 24.6 Å². The van der Waals surface area contributed by atoms with Crippen LogP contribution in [-0.4, -0.2) is 50.3 Å². The highest BCUT2D eigenvalue weighted by atomic mass is 35.5. The molecule has 0 fully saturated rings. The van der Waals surface area contributed by atoms with Gasteiger partial charge in [-0.3, -0.25) is 9.48 Å². The number of hydrogen-bond donors (Lipinski definition) is 1. The zero-order chi connectivity index (χ0) is 23.4. The van der Waals surface area contributed by atoms with E-state index < -0.39 is 0 Å². The molecule has 8 heteroatoms. The van der Waals surface area contributed by atoms with Crippen molar-refractivity contribution in [1.29, 1.82) is 0 Å². The van der Waals surface area contributed by atoms with Gasteiger partial charge in [0.15, 0.2) is 11.4 Å². The van der Waals surface area contributed by atoms with E-state index in [0.29, 0.717) is 17.5 Å². The van der Waals surface area contributed by atoms with Crippen LogP contribution in [0.5, 0.6) is 0 Å². The number of hydrogen-bond acceptors (Lipinski definition) is 6. The van der Waals surface area contributed by atoms with Crippen molar-refractivity contribution in [2.45, 2.75) is 52.9 Å². The summed E-state index contributed by atoms with van der Waals surface area (Å²) in [6.45, 7) is 8.72. The first-order chi connectivity index (χ1) is 15.2. The van der Waals surface area contributed by atoms with Crippen LogP contribution in [0, 0.1) is 6.92 Å². The summed E-state index contributed by atoms with van der Waals surface area (Å²) < 4.78 is 1.77. The molecule has 0 aliphatic rings. The molecular weight excluding hydrogens is 426 g/mol. The Hall–Kier alpha value is -2.51. The number of pyridine rings is 2. The Morgan fingerprint density at radius 2 is 2.00 bits per heavy atom. The van der Waals surface area contributed by atoms with Crippen LogP contribution < -0.4 is 4.90 Å². The predicted octanol–water partition coefficient (Wildman–Crippen LogP) is 4.01. The van der Waals surface area contributed by atoms with Gasteiger partial charge in [-0.1, -0.05) is 38.8 Å². The molecule has 0 saturated heterocycles. The lowest BCUT2D eigenvalue weighted by Gasteiger charge is -2.24. The maximum absolute atomic E-state index is 13.0. The number of carbonyl (C=O) groups is 1. The minimum atomic E-state index is -0.0733. The molecule has 0 aliphatic heterocycles. The lowest BCUT2D eigenvalue weighted by atomic mass is 9.99. The number of aliphatic hydroxyl groups excluding tert-OH is 1. The van der Waals surface area contributed by atoms with E-state index in [1.807, 2.05) is 31.0 Å². The lowest BCUT2D eigenvalue weighted by molar-refractivity contribution is -0.117. The van der Waals surface area contributed by atoms with Crippen LogP contribution in [0.4, 0.5) is 5.82 Å². The molecule has 3 rings (SSSR count). The van der Waals surface area contributed by atoms with Crippen molar-refractivity contribution < 1.29 is 9.90 Å². The molecule has 0 unspecified atom stereocenters. The summed E-state index contributed by atoms with van der Waals surface area (Å²) in [5, 5.41) is 15.6. The Kier molecular flexibility index (Phi) is 7.85. The number of ketones is 1. The van der Waals surface area contributed by atoms with Gasteiger partial charge in [-0.25, -0.2) is 9.97 Å². The first kappa shape index (κ1) is 24.1. The fourth-order valence-corrected chi connectivity index (χ4v) is 4.32. The average Bonchev–Trinajstić information content (AvgIpc) is 3.00. The molecule has 1 N–H and O–H groups in total. The highest BCUT2D eigenvalue weighted by molar-refractivity contribution is 6.29. The van der Waals surface area contributed by atoms with Gasteiger partial charge in [0, 0.05) is 31.1 Å². The summed E-state index contributed by atoms with van der Waals surface area (Å²) in [6.07, 6.45) is 2.04. The number of carbonyl (C=O) groups excluding carboxylic acids is 1. The SMILES string of the molecule is CCCc1cc(CC(=O)CN(CCO)c2cc(C(C)C)c3c(C)nn(C)c3n2)cc(Cl)n1. The maximum Gasteiger partial charge on any atom is 0.160 e. The molecule has 3 heterocycles. The summed E-state index contributed by atoms with van der Waals surface area (Å²) in [7, 11) is 1.87. The van der Waals surface area contributed by atoms with Crippen LogP contribution in [0.25, 0.3) is 11.0 Å². The quantitative estimate of drug-likeness (QED) is 0.463. The minimum absolute atomic E-state index is 0.0253. The maximum atomic E-state index is 13.0. The number of anilines is 1. The van der Waals surface area contributed by atoms with Crippen molar-refractivity contribution in [2.24, 2.45) is 7.05 Å². The van der Waals surface area contributed by atoms with Gasteiger partial charge < -0.3 is 10.0 Å². The van der Waals surface area contributed by atoms with E-state index in [2.05, 4.69) is 30.9 Å². The molecule has 172 valence electrons.